The Labute approximate surface area is 194 Å². The third-order valence-corrected chi connectivity index (χ3v) is 6.62. The maximum Gasteiger partial charge on any atom is 0.241 e. The van der Waals surface area contributed by atoms with Crippen LogP contribution >= 0.6 is 22.9 Å². The average Bonchev–Trinajstić information content (AvgIpc) is 3.41. The molecule has 0 saturated carbocycles. The summed E-state index contributed by atoms with van der Waals surface area (Å²) in [6.45, 7) is 2.38. The lowest BCUT2D eigenvalue weighted by atomic mass is 10.1. The minimum Gasteiger partial charge on any atom is -0.467 e. The number of furan rings is 1. The molecule has 9 heteroatoms. The largest absolute Gasteiger partial charge is 0.467 e. The minimum atomic E-state index is -0.741. The summed E-state index contributed by atoms with van der Waals surface area (Å²) < 4.78 is 6.34. The van der Waals surface area contributed by atoms with Gasteiger partial charge in [0.15, 0.2) is 0 Å². The number of carbonyl (C=O) groups excluding carboxylic acids is 1. The number of nitrogens with zero attached hydrogens (tertiary/aromatic N) is 1. The number of rotatable bonds is 8. The molecule has 3 heterocycles. The van der Waals surface area contributed by atoms with Crippen molar-refractivity contribution in [2.24, 2.45) is 5.73 Å². The van der Waals surface area contributed by atoms with Crippen molar-refractivity contribution in [1.29, 1.82) is 0 Å². The number of aryl methyl sites for hydroxylation is 1. The van der Waals surface area contributed by atoms with E-state index in [-0.39, 0.29) is 12.5 Å². The van der Waals surface area contributed by atoms with Gasteiger partial charge >= 0.3 is 0 Å². The zero-order chi connectivity index (χ0) is 22.7. The lowest BCUT2D eigenvalue weighted by molar-refractivity contribution is -0.117. The van der Waals surface area contributed by atoms with Crippen LogP contribution in [-0.4, -0.2) is 22.0 Å². The second-order valence-corrected chi connectivity index (χ2v) is 8.90. The Morgan fingerprint density at radius 1 is 1.31 bits per heavy atom. The standard InChI is InChI=1S/C23H23ClN4O3S/c1-13-19(9-17(25)23(30)27-15-5-2-4-14(8-15)12-29)32-22-18(10-20(24)28-21(13)22)26-11-16-6-3-7-31-16/h2-8,10,17,29H,9,11-12,25H2,1H3,(H,26,28)(H,27,30)/t17-/m1/s1. The van der Waals surface area contributed by atoms with Crippen molar-refractivity contribution in [3.63, 3.8) is 0 Å². The number of halogens is 1. The van der Waals surface area contributed by atoms with Crippen LogP contribution in [0.4, 0.5) is 11.4 Å². The SMILES string of the molecule is Cc1c(C[C@@H](N)C(=O)Nc2cccc(CO)c2)sc2c(NCc3ccco3)cc(Cl)nc12. The number of thiophene rings is 1. The summed E-state index contributed by atoms with van der Waals surface area (Å²) in [6.07, 6.45) is 2.00. The number of hydrogen-bond donors (Lipinski definition) is 4. The van der Waals surface area contributed by atoms with Gasteiger partial charge in [0.05, 0.1) is 41.4 Å². The summed E-state index contributed by atoms with van der Waals surface area (Å²) in [4.78, 5) is 18.1. The second-order valence-electron chi connectivity index (χ2n) is 7.41. The molecule has 32 heavy (non-hydrogen) atoms. The van der Waals surface area contributed by atoms with Gasteiger partial charge in [0.1, 0.15) is 10.9 Å². The molecular formula is C23H23ClN4O3S. The number of anilines is 2. The van der Waals surface area contributed by atoms with Crippen molar-refractivity contribution in [3.05, 3.63) is 75.6 Å². The maximum atomic E-state index is 12.6. The number of aliphatic hydroxyl groups is 1. The molecule has 7 nitrogen and oxygen atoms in total. The summed E-state index contributed by atoms with van der Waals surface area (Å²) in [5, 5.41) is 15.8. The molecule has 0 unspecified atom stereocenters. The summed E-state index contributed by atoms with van der Waals surface area (Å²) in [5.74, 6) is 0.516. The molecule has 1 aromatic carbocycles. The van der Waals surface area contributed by atoms with Crippen molar-refractivity contribution < 1.29 is 14.3 Å². The molecule has 4 rings (SSSR count). The Bertz CT molecular complexity index is 1240. The van der Waals surface area contributed by atoms with Crippen molar-refractivity contribution in [3.8, 4) is 0 Å². The molecule has 0 aliphatic heterocycles. The highest BCUT2D eigenvalue weighted by Crippen LogP contribution is 2.37. The number of aromatic nitrogens is 1. The number of hydrogen-bond acceptors (Lipinski definition) is 7. The van der Waals surface area contributed by atoms with Crippen molar-refractivity contribution in [1.82, 2.24) is 4.98 Å². The number of benzene rings is 1. The van der Waals surface area contributed by atoms with Crippen molar-refractivity contribution in [2.75, 3.05) is 10.6 Å². The highest BCUT2D eigenvalue weighted by atomic mass is 35.5. The van der Waals surface area contributed by atoms with Gasteiger partial charge in [0, 0.05) is 23.1 Å². The van der Waals surface area contributed by atoms with E-state index >= 15 is 0 Å². The Morgan fingerprint density at radius 2 is 2.16 bits per heavy atom. The van der Waals surface area contributed by atoms with Crippen LogP contribution in [0.1, 0.15) is 21.8 Å². The zero-order valence-corrected chi connectivity index (χ0v) is 19.0. The Kier molecular flexibility index (Phi) is 6.76. The number of nitrogens with two attached hydrogens (primary N) is 1. The molecule has 1 atom stereocenters. The van der Waals surface area contributed by atoms with Crippen LogP contribution in [-0.2, 0) is 24.4 Å². The molecule has 0 aliphatic rings. The first kappa shape index (κ1) is 22.3. The van der Waals surface area contributed by atoms with Gasteiger partial charge in [-0.25, -0.2) is 4.98 Å². The van der Waals surface area contributed by atoms with E-state index in [0.29, 0.717) is 29.4 Å². The molecule has 0 spiro atoms. The normalized spacial score (nSPS) is 12.1. The van der Waals surface area contributed by atoms with Crippen molar-refractivity contribution in [2.45, 2.75) is 32.5 Å². The molecular weight excluding hydrogens is 448 g/mol. The summed E-state index contributed by atoms with van der Waals surface area (Å²) >= 11 is 7.81. The van der Waals surface area contributed by atoms with Crippen LogP contribution in [0.15, 0.2) is 53.1 Å². The van der Waals surface area contributed by atoms with E-state index in [1.54, 1.807) is 47.9 Å². The lowest BCUT2D eigenvalue weighted by Gasteiger charge is -2.12. The fourth-order valence-electron chi connectivity index (χ4n) is 3.39. The van der Waals surface area contributed by atoms with Gasteiger partial charge in [-0.3, -0.25) is 4.79 Å². The molecule has 1 amide bonds. The minimum absolute atomic E-state index is 0.0946. The molecule has 4 aromatic rings. The first-order chi connectivity index (χ1) is 15.4. The van der Waals surface area contributed by atoms with Gasteiger partial charge in [-0.15, -0.1) is 11.3 Å². The van der Waals surface area contributed by atoms with Crippen LogP contribution in [0.3, 0.4) is 0 Å². The smallest absolute Gasteiger partial charge is 0.241 e. The van der Waals surface area contributed by atoms with Gasteiger partial charge in [0.25, 0.3) is 0 Å². The molecule has 0 aliphatic carbocycles. The van der Waals surface area contributed by atoms with Crippen LogP contribution in [0.5, 0.6) is 0 Å². The maximum absolute atomic E-state index is 12.6. The molecule has 0 radical (unpaired) electrons. The van der Waals surface area contributed by atoms with Crippen molar-refractivity contribution >= 4 is 50.4 Å². The van der Waals surface area contributed by atoms with E-state index in [1.807, 2.05) is 19.1 Å². The third-order valence-electron chi connectivity index (χ3n) is 5.09. The zero-order valence-electron chi connectivity index (χ0n) is 17.4. The molecule has 166 valence electrons. The number of nitrogens with one attached hydrogen (secondary N) is 2. The van der Waals surface area contributed by atoms with E-state index in [1.165, 1.54) is 0 Å². The third kappa shape index (κ3) is 4.94. The number of amides is 1. The summed E-state index contributed by atoms with van der Waals surface area (Å²) in [5.41, 5.74) is 10.1. The number of fused-ring (bicyclic) bond motifs is 1. The van der Waals surface area contributed by atoms with Crippen LogP contribution in [0, 0.1) is 6.92 Å². The number of carbonyl (C=O) groups is 1. The first-order valence-electron chi connectivity index (χ1n) is 10.1. The van der Waals surface area contributed by atoms with E-state index < -0.39 is 6.04 Å². The van der Waals surface area contributed by atoms with Gasteiger partial charge < -0.3 is 25.9 Å². The topological polar surface area (TPSA) is 113 Å². The Hall–Kier alpha value is -2.91. The Balaban J connectivity index is 1.52. The van der Waals surface area contributed by atoms with Crippen LogP contribution in [0.25, 0.3) is 10.2 Å². The first-order valence-corrected chi connectivity index (χ1v) is 11.2. The van der Waals surface area contributed by atoms with E-state index in [2.05, 4.69) is 15.6 Å². The molecule has 0 fully saturated rings. The molecule has 0 saturated heterocycles. The van der Waals surface area contributed by atoms with Crippen LogP contribution in [0.2, 0.25) is 5.15 Å². The van der Waals surface area contributed by atoms with Gasteiger partial charge in [-0.05, 0) is 42.3 Å². The number of pyridine rings is 1. The monoisotopic (exact) mass is 470 g/mol. The second kappa shape index (κ2) is 9.70. The van der Waals surface area contributed by atoms with Crippen LogP contribution < -0.4 is 16.4 Å². The molecule has 3 aromatic heterocycles. The predicted molar refractivity (Wildman–Crippen MR) is 128 cm³/mol. The average molecular weight is 471 g/mol. The Morgan fingerprint density at radius 3 is 2.91 bits per heavy atom. The summed E-state index contributed by atoms with van der Waals surface area (Å²) in [7, 11) is 0. The number of aliphatic hydroxyl groups excluding tert-OH is 1. The van der Waals surface area contributed by atoms with E-state index in [4.69, 9.17) is 21.8 Å². The van der Waals surface area contributed by atoms with Gasteiger partial charge in [-0.2, -0.15) is 0 Å². The highest BCUT2D eigenvalue weighted by molar-refractivity contribution is 7.19. The summed E-state index contributed by atoms with van der Waals surface area (Å²) in [6, 6.07) is 11.8. The molecule has 0 bridgehead atoms. The van der Waals surface area contributed by atoms with E-state index in [0.717, 1.165) is 32.1 Å². The highest BCUT2D eigenvalue weighted by Gasteiger charge is 2.20. The fourth-order valence-corrected chi connectivity index (χ4v) is 4.88. The predicted octanol–water partition coefficient (Wildman–Crippen LogP) is 4.46. The quantitative estimate of drug-likeness (QED) is 0.283. The van der Waals surface area contributed by atoms with E-state index in [9.17, 15) is 9.90 Å². The molecule has 5 N–H and O–H groups in total. The van der Waals surface area contributed by atoms with Gasteiger partial charge in [0.2, 0.25) is 5.91 Å². The van der Waals surface area contributed by atoms with Gasteiger partial charge in [-0.1, -0.05) is 23.7 Å². The lowest BCUT2D eigenvalue weighted by Crippen LogP contribution is -2.37. The fraction of sp³-hybridized carbons (Fsp3) is 0.217.